The van der Waals surface area contributed by atoms with Gasteiger partial charge >= 0.3 is 0 Å². The van der Waals surface area contributed by atoms with E-state index in [1.807, 2.05) is 71.5 Å². The van der Waals surface area contributed by atoms with Gasteiger partial charge in [-0.15, -0.1) is 0 Å². The van der Waals surface area contributed by atoms with Gasteiger partial charge in [-0.05, 0) is 146 Å². The second kappa shape index (κ2) is 21.4. The SMILES string of the molecule is C=CNC1CCN(CC)CC1.C=Cc1cnn2ccc(/C(=C/C)c3cnc(C4CC4)nc3C)cc12.CNC1CCN(C)CC1.Cc1cnn2ccc(-c3c[nH]c4nc(N)ncc34)cc12. The summed E-state index contributed by atoms with van der Waals surface area (Å²) in [5, 5.41) is 16.2. The van der Waals surface area contributed by atoms with Crippen LogP contribution in [0.4, 0.5) is 5.95 Å². The van der Waals surface area contributed by atoms with E-state index < -0.39 is 0 Å². The lowest BCUT2D eigenvalue weighted by atomic mass is 9.98. The van der Waals surface area contributed by atoms with Crippen molar-refractivity contribution < 1.29 is 0 Å². The Kier molecular flexibility index (Phi) is 15.3. The van der Waals surface area contributed by atoms with E-state index in [2.05, 4.69) is 123 Å². The molecule has 3 fully saturated rings. The molecule has 14 heteroatoms. The molecule has 1 aliphatic carbocycles. The lowest BCUT2D eigenvalue weighted by molar-refractivity contribution is 0.213. The largest absolute Gasteiger partial charge is 0.389 e. The highest BCUT2D eigenvalue weighted by Gasteiger charge is 2.27. The number of aryl methyl sites for hydroxylation is 2. The van der Waals surface area contributed by atoms with Crippen LogP contribution in [0.25, 0.3) is 44.8 Å². The van der Waals surface area contributed by atoms with Crippen molar-refractivity contribution in [2.45, 2.75) is 84.2 Å². The van der Waals surface area contributed by atoms with Crippen LogP contribution in [0.5, 0.6) is 0 Å². The Balaban J connectivity index is 0.000000137. The number of nitrogens with two attached hydrogens (primary N) is 1. The monoisotopic (exact) mass is 863 g/mol. The van der Waals surface area contributed by atoms with Gasteiger partial charge in [0.15, 0.2) is 0 Å². The zero-order chi connectivity index (χ0) is 45.2. The normalized spacial score (nSPS) is 16.4. The highest BCUT2D eigenvalue weighted by atomic mass is 15.2. The second-order valence-corrected chi connectivity index (χ2v) is 17.0. The molecule has 2 saturated heterocycles. The molecule has 0 spiro atoms. The summed E-state index contributed by atoms with van der Waals surface area (Å²) >= 11 is 0. The smallest absolute Gasteiger partial charge is 0.221 e. The summed E-state index contributed by atoms with van der Waals surface area (Å²) in [4.78, 5) is 25.6. The van der Waals surface area contributed by atoms with Crippen LogP contribution < -0.4 is 16.4 Å². The number of nitrogens with zero attached hydrogens (tertiary/aromatic N) is 10. The van der Waals surface area contributed by atoms with E-state index in [1.165, 1.54) is 71.2 Å². The van der Waals surface area contributed by atoms with E-state index in [0.717, 1.165) is 78.6 Å². The molecule has 10 rings (SSSR count). The Bertz CT molecular complexity index is 2670. The number of hydrogen-bond acceptors (Lipinski definition) is 11. The number of aromatic nitrogens is 9. The first-order chi connectivity index (χ1) is 31.1. The standard InChI is InChI=1S/C20H20N4.C14H12N6.C9H18N2.C7H16N2/c1-4-14-11-22-24-9-8-16(10-19(14)24)17(5-2)18-12-21-20(15-6-7-15)23-13(18)3;1-8-5-18-20-3-2-9(4-12(8)20)10-6-16-13-11(10)7-17-14(15)19-13;1-3-10-9-5-7-11(4-2)8-6-9;1-8-7-3-5-9(2)6-4-7/h4-5,8-12,15H,1,6-7H2,2-3H3;2-7H,1H3,(H3,15,16,17,19);3,9-10H,1,4-8H2,2H3;7-8H,3-6H2,1-2H3/b17-5-;;;. The van der Waals surface area contributed by atoms with E-state index in [-0.39, 0.29) is 5.95 Å². The summed E-state index contributed by atoms with van der Waals surface area (Å²) in [5.41, 5.74) is 17.2. The molecule has 0 radical (unpaired) electrons. The first-order valence-electron chi connectivity index (χ1n) is 22.7. The van der Waals surface area contributed by atoms with E-state index in [1.54, 1.807) is 6.20 Å². The molecule has 14 nitrogen and oxygen atoms in total. The van der Waals surface area contributed by atoms with Crippen LogP contribution in [0, 0.1) is 13.8 Å². The predicted molar refractivity (Wildman–Crippen MR) is 262 cm³/mol. The summed E-state index contributed by atoms with van der Waals surface area (Å²) in [6.45, 7) is 22.1. The number of likely N-dealkylation sites (tertiary alicyclic amines) is 2. The Morgan fingerprint density at radius 3 is 2.27 bits per heavy atom. The fourth-order valence-corrected chi connectivity index (χ4v) is 8.40. The van der Waals surface area contributed by atoms with Crippen LogP contribution in [0.1, 0.15) is 92.1 Å². The van der Waals surface area contributed by atoms with Crippen LogP contribution >= 0.6 is 0 Å². The Labute approximate surface area is 377 Å². The topological polar surface area (TPSA) is 159 Å². The number of fused-ring (bicyclic) bond motifs is 3. The van der Waals surface area contributed by atoms with Crippen molar-refractivity contribution in [1.82, 2.24) is 64.6 Å². The molecule has 3 aliphatic rings. The molecular weight excluding hydrogens is 797 g/mol. The quantitative estimate of drug-likeness (QED) is 0.111. The molecule has 64 heavy (non-hydrogen) atoms. The van der Waals surface area contributed by atoms with Gasteiger partial charge in [0.05, 0.1) is 23.4 Å². The number of piperidine rings is 2. The average Bonchev–Trinajstić information content (AvgIpc) is 3.81. The number of anilines is 1. The summed E-state index contributed by atoms with van der Waals surface area (Å²) in [6.07, 6.45) is 26.6. The number of nitrogens with one attached hydrogen (secondary N) is 3. The molecule has 7 aromatic heterocycles. The Morgan fingerprint density at radius 1 is 0.875 bits per heavy atom. The maximum Gasteiger partial charge on any atom is 0.221 e. The van der Waals surface area contributed by atoms with Crippen molar-refractivity contribution in [3.63, 3.8) is 0 Å². The summed E-state index contributed by atoms with van der Waals surface area (Å²) in [5.74, 6) is 1.84. The maximum absolute atomic E-state index is 5.60. The summed E-state index contributed by atoms with van der Waals surface area (Å²) < 4.78 is 3.73. The molecular formula is C50H66N14. The summed E-state index contributed by atoms with van der Waals surface area (Å²) in [7, 11) is 4.24. The lowest BCUT2D eigenvalue weighted by Gasteiger charge is -2.30. The fourth-order valence-electron chi connectivity index (χ4n) is 8.40. The third-order valence-corrected chi connectivity index (χ3v) is 12.6. The molecule has 0 amide bonds. The molecule has 336 valence electrons. The fraction of sp³-hybridized carbons (Fsp3) is 0.400. The van der Waals surface area contributed by atoms with Crippen LogP contribution in [0.3, 0.4) is 0 Å². The average molecular weight is 863 g/mol. The van der Waals surface area contributed by atoms with Gasteiger partial charge in [0.25, 0.3) is 0 Å². The van der Waals surface area contributed by atoms with Crippen LogP contribution in [0.2, 0.25) is 0 Å². The molecule has 5 N–H and O–H groups in total. The number of hydrogen-bond donors (Lipinski definition) is 4. The first kappa shape index (κ1) is 45.8. The molecule has 9 heterocycles. The maximum atomic E-state index is 5.60. The lowest BCUT2D eigenvalue weighted by Crippen LogP contribution is -2.40. The minimum atomic E-state index is 0.271. The van der Waals surface area contributed by atoms with Gasteiger partial charge in [0.1, 0.15) is 11.5 Å². The third-order valence-electron chi connectivity index (χ3n) is 12.6. The van der Waals surface area contributed by atoms with Crippen molar-refractivity contribution in [3.8, 4) is 11.1 Å². The Hall–Kier alpha value is -6.22. The van der Waals surface area contributed by atoms with Crippen LogP contribution in [0.15, 0.2) is 93.1 Å². The van der Waals surface area contributed by atoms with Crippen molar-refractivity contribution in [2.24, 2.45) is 0 Å². The number of H-pyrrole nitrogens is 1. The van der Waals surface area contributed by atoms with E-state index in [9.17, 15) is 0 Å². The minimum Gasteiger partial charge on any atom is -0.389 e. The van der Waals surface area contributed by atoms with Crippen molar-refractivity contribution in [1.29, 1.82) is 0 Å². The van der Waals surface area contributed by atoms with Crippen molar-refractivity contribution in [2.75, 3.05) is 52.6 Å². The third kappa shape index (κ3) is 11.1. The van der Waals surface area contributed by atoms with Gasteiger partial charge < -0.3 is 31.2 Å². The van der Waals surface area contributed by atoms with Gasteiger partial charge in [-0.3, -0.25) is 0 Å². The molecule has 1 saturated carbocycles. The molecule has 7 aromatic rings. The minimum absolute atomic E-state index is 0.271. The predicted octanol–water partition coefficient (Wildman–Crippen LogP) is 8.07. The van der Waals surface area contributed by atoms with E-state index >= 15 is 0 Å². The first-order valence-corrected chi connectivity index (χ1v) is 22.7. The van der Waals surface area contributed by atoms with E-state index in [4.69, 9.17) is 10.7 Å². The van der Waals surface area contributed by atoms with Gasteiger partial charge in [0.2, 0.25) is 5.95 Å². The molecule has 0 bridgehead atoms. The van der Waals surface area contributed by atoms with Crippen LogP contribution in [-0.2, 0) is 0 Å². The second-order valence-electron chi connectivity index (χ2n) is 17.0. The zero-order valence-corrected chi connectivity index (χ0v) is 38.6. The highest BCUT2D eigenvalue weighted by molar-refractivity contribution is 5.94. The summed E-state index contributed by atoms with van der Waals surface area (Å²) in [6, 6.07) is 9.82. The molecule has 0 atom stereocenters. The number of aromatic amines is 1. The van der Waals surface area contributed by atoms with Gasteiger partial charge in [-0.1, -0.05) is 32.2 Å². The van der Waals surface area contributed by atoms with Gasteiger partial charge in [0, 0.05) is 89.8 Å². The number of rotatable bonds is 9. The number of nitrogen functional groups attached to an aromatic ring is 1. The van der Waals surface area contributed by atoms with E-state index in [0.29, 0.717) is 12.0 Å². The molecule has 2 aliphatic heterocycles. The van der Waals surface area contributed by atoms with Gasteiger partial charge in [-0.25, -0.2) is 24.0 Å². The molecule has 0 aromatic carbocycles. The Morgan fingerprint density at radius 2 is 1.59 bits per heavy atom. The number of allylic oxidation sites excluding steroid dienone is 1. The van der Waals surface area contributed by atoms with Crippen LogP contribution in [-0.4, -0.2) is 113 Å². The van der Waals surface area contributed by atoms with Crippen molar-refractivity contribution >= 4 is 39.7 Å². The zero-order valence-electron chi connectivity index (χ0n) is 38.6. The molecule has 0 unspecified atom stereocenters. The van der Waals surface area contributed by atoms with Gasteiger partial charge in [-0.2, -0.15) is 15.2 Å². The highest BCUT2D eigenvalue weighted by Crippen LogP contribution is 2.38. The van der Waals surface area contributed by atoms with Crippen molar-refractivity contribution in [3.05, 3.63) is 127 Å². The number of pyridine rings is 2.